The van der Waals surface area contributed by atoms with Crippen molar-refractivity contribution in [3.05, 3.63) is 120 Å². The van der Waals surface area contributed by atoms with Crippen molar-refractivity contribution in [1.29, 1.82) is 0 Å². The zero-order valence-corrected chi connectivity index (χ0v) is 78.2. The number of carbonyl (C=O) groups excluding carboxylic acids is 16. The van der Waals surface area contributed by atoms with Crippen LogP contribution in [0.1, 0.15) is 117 Å². The zero-order chi connectivity index (χ0) is 99.3. The molecule has 2 unspecified atom stereocenters. The summed E-state index contributed by atoms with van der Waals surface area (Å²) < 4.78 is 0. The monoisotopic (exact) mass is 1910 g/mol. The molecule has 20 N–H and O–H groups in total. The van der Waals surface area contributed by atoms with Gasteiger partial charge in [0.1, 0.15) is 85.3 Å². The lowest BCUT2D eigenvalue weighted by Gasteiger charge is -2.30. The van der Waals surface area contributed by atoms with Crippen molar-refractivity contribution in [2.75, 3.05) is 91.2 Å². The number of amides is 16. The highest BCUT2D eigenvalue weighted by Gasteiger charge is 2.40. The van der Waals surface area contributed by atoms with E-state index < -0.39 is 157 Å². The maximum atomic E-state index is 14.4. The van der Waals surface area contributed by atoms with E-state index in [0.29, 0.717) is 48.9 Å². The van der Waals surface area contributed by atoms with Crippen LogP contribution in [0.5, 0.6) is 11.5 Å². The third-order valence-electron chi connectivity index (χ3n) is 21.0. The minimum atomic E-state index is -1.81. The van der Waals surface area contributed by atoms with E-state index in [1.165, 1.54) is 67.4 Å². The Kier molecular flexibility index (Phi) is 48.4. The molecular weight excluding hydrogens is 1790 g/mol. The summed E-state index contributed by atoms with van der Waals surface area (Å²) in [6, 6.07) is 14.2. The Labute approximate surface area is 784 Å². The summed E-state index contributed by atoms with van der Waals surface area (Å²) in [6.07, 6.45) is -1.22. The number of phenolic OH excluding ortho intramolecular Hbond substituents is 2. The average Bonchev–Trinajstić information content (AvgIpc) is 1.45. The molecule has 4 aromatic carbocycles. The fourth-order valence-corrected chi connectivity index (χ4v) is 16.0. The van der Waals surface area contributed by atoms with E-state index in [-0.39, 0.29) is 154 Å². The van der Waals surface area contributed by atoms with Crippen LogP contribution in [0.25, 0.3) is 11.1 Å². The Bertz CT molecular complexity index is 4650. The maximum Gasteiger partial charge on any atom is 0.305 e. The molecule has 16 amide bonds. The number of aliphatic hydroxyl groups is 1. The molecular formula is C89H126N18O25S2. The number of likely N-dealkylation sites (N-methyl/N-ethyl adjacent to an activating group) is 1. The lowest BCUT2D eigenvalue weighted by Crippen LogP contribution is -2.61. The summed E-state index contributed by atoms with van der Waals surface area (Å²) in [7, 11) is 4.99. The normalized spacial score (nSPS) is 18.8. The van der Waals surface area contributed by atoms with Gasteiger partial charge in [0.25, 0.3) is 5.91 Å². The topological polar surface area (TPSA) is 631 Å². The van der Waals surface area contributed by atoms with E-state index in [2.05, 4.69) is 74.4 Å². The number of rotatable bonds is 42. The number of hydrogen-bond donors (Lipinski definition) is 19. The number of oxime groups is 1. The second kappa shape index (κ2) is 58.1. The Morgan fingerprint density at radius 2 is 1.18 bits per heavy atom. The molecule has 0 aromatic heterocycles. The van der Waals surface area contributed by atoms with Crippen molar-refractivity contribution in [2.45, 2.75) is 180 Å². The number of nitrogens with one attached hydrogen (secondary N) is 13. The van der Waals surface area contributed by atoms with Crippen LogP contribution in [0, 0.1) is 23.7 Å². The number of carbonyl (C=O) groups is 18. The summed E-state index contributed by atoms with van der Waals surface area (Å²) in [5.74, 6) is -16.5. The molecule has 0 bridgehead atoms. The predicted molar refractivity (Wildman–Crippen MR) is 493 cm³/mol. The number of primary amides is 1. The summed E-state index contributed by atoms with van der Waals surface area (Å²) in [5.41, 5.74) is 10.8. The van der Waals surface area contributed by atoms with Crippen molar-refractivity contribution < 1.29 is 122 Å². The van der Waals surface area contributed by atoms with Crippen molar-refractivity contribution >= 4 is 134 Å². The summed E-state index contributed by atoms with van der Waals surface area (Å²) >= 11 is 0. The number of nitrogens with zero attached hydrogens (tertiary/aromatic N) is 4. The SMILES string of the molecule is CC(O)[C@@H]1NC(=O)CNC(=O)[C@H](Cc2ccc(O)cc2)NC(=O)[C@H](Cc2ccc(O)cc2)NC(=O)[C@H](CC(=O)O)NC(=O)[C@@H](C)CSSC[C@@H](C(=O)N[C@@H](Cc2ccc(-c3ccccc3)cc2)C(=O)N[C@H](CC(=O)O)C(N)=O)NC1=O.CCC(C)C(=O)N(CCNC(=O)CONC)CCN(CCNC(=O)CCO/N=C/C(=O)N[C@@H](CC(C)C)C(=O)N1CCC[C@H]1C(=O)NC)C(=O)C(C)C. The molecule has 6 rings (SSSR count). The van der Waals surface area contributed by atoms with E-state index in [1.807, 2.05) is 58.0 Å². The fourth-order valence-electron chi connectivity index (χ4n) is 13.5. The Hall–Kier alpha value is -13.0. The van der Waals surface area contributed by atoms with Crippen LogP contribution in [-0.4, -0.2) is 305 Å². The van der Waals surface area contributed by atoms with Gasteiger partial charge in [-0.15, -0.1) is 0 Å². The van der Waals surface area contributed by atoms with Gasteiger partial charge in [0.05, 0.1) is 31.9 Å². The third kappa shape index (κ3) is 39.8. The molecule has 0 spiro atoms. The quantitative estimate of drug-likeness (QED) is 0.0104. The highest BCUT2D eigenvalue weighted by molar-refractivity contribution is 8.76. The largest absolute Gasteiger partial charge is 0.508 e. The fraction of sp³-hybridized carbons (Fsp3) is 0.517. The second-order valence-electron chi connectivity index (χ2n) is 32.6. The predicted octanol–water partition coefficient (Wildman–Crippen LogP) is -1.46. The van der Waals surface area contributed by atoms with E-state index in [9.17, 15) is 112 Å². The molecule has 0 saturated carbocycles. The molecule has 734 valence electrons. The van der Waals surface area contributed by atoms with Crippen molar-refractivity contribution in [3.8, 4) is 22.6 Å². The van der Waals surface area contributed by atoms with Gasteiger partial charge in [-0.25, -0.2) is 5.48 Å². The van der Waals surface area contributed by atoms with E-state index >= 15 is 0 Å². The number of phenols is 2. The number of likely N-dealkylation sites (tertiary alicyclic amines) is 1. The molecule has 0 radical (unpaired) electrons. The summed E-state index contributed by atoms with van der Waals surface area (Å²) in [4.78, 5) is 251. The molecule has 45 heteroatoms. The van der Waals surface area contributed by atoms with Gasteiger partial charge in [0.2, 0.25) is 88.6 Å². The highest BCUT2D eigenvalue weighted by atomic mass is 33.1. The van der Waals surface area contributed by atoms with Crippen LogP contribution in [0.3, 0.4) is 0 Å². The average molecular weight is 1910 g/mol. The molecule has 4 aromatic rings. The number of aromatic hydroxyl groups is 2. The maximum absolute atomic E-state index is 14.4. The van der Waals surface area contributed by atoms with Gasteiger partial charge in [-0.05, 0) is 90.6 Å². The molecule has 2 saturated heterocycles. The smallest absolute Gasteiger partial charge is 0.305 e. The Morgan fingerprint density at radius 3 is 1.73 bits per heavy atom. The molecule has 134 heavy (non-hydrogen) atoms. The van der Waals surface area contributed by atoms with Crippen molar-refractivity contribution in [1.82, 2.24) is 84.0 Å². The standard InChI is InChI=1S/C54H63N9O16S2.C35H63N9O9/c1-28-26-80-81-27-42(53(78)61-39(50(75)57-37(47(55)72)23-44(68)69)21-30-8-14-34(15-9-30)33-6-4-3-5-7-33)62-54(79)46(29(2)64)63-43(67)25-56-49(74)38(20-31-10-16-35(65)17-11-31)59-51(76)40(22-32-12-18-36(66)19-13-32)60-52(77)41(24-45(70)71)58-48(28)73;1-9-26(6)34(50)43(17-14-39-31(47)23-53-37-8)19-18-42(33(49)25(4)5)16-13-38-29(45)12-20-52-40-22-30(46)41-27(21-24(2)3)35(51)44-15-10-11-28(44)32(48)36-7/h3-19,28-29,37-42,46,64-66H,20-27H2,1-2H3,(H2,55,72)(H,56,74)(H,57,75)(H,58,73)(H,59,76)(H,60,77)(H,61,78)(H,62,79)(H,63,67)(H,68,69)(H,70,71);22,24-28,37H,9-21,23H2,1-8H3,(H,36,48)(H,38,45)(H,39,47)(H,41,46)/b;40-22+/t28-,29?,37+,38-,39-,40-,41-,42-,46-;26?,27-,28-/m00/s1. The second-order valence-corrected chi connectivity index (χ2v) is 35.1. The number of hydroxylamine groups is 1. The number of carboxylic acids is 2. The van der Waals surface area contributed by atoms with Gasteiger partial charge in [-0.1, -0.05) is 154 Å². The third-order valence-corrected chi connectivity index (χ3v) is 23.6. The van der Waals surface area contributed by atoms with Crippen LogP contribution in [0.2, 0.25) is 0 Å². The van der Waals surface area contributed by atoms with Gasteiger partial charge in [-0.2, -0.15) is 0 Å². The van der Waals surface area contributed by atoms with Crippen molar-refractivity contribution in [2.24, 2.45) is 34.6 Å². The molecule has 2 aliphatic heterocycles. The molecule has 0 aliphatic carbocycles. The van der Waals surface area contributed by atoms with Crippen LogP contribution < -0.4 is 75.0 Å². The lowest BCUT2D eigenvalue weighted by molar-refractivity contribution is -0.141. The first-order valence-electron chi connectivity index (χ1n) is 43.7. The van der Waals surface area contributed by atoms with Crippen LogP contribution in [0.4, 0.5) is 0 Å². The Balaban J connectivity index is 0.000000519. The van der Waals surface area contributed by atoms with E-state index in [1.54, 1.807) is 55.0 Å². The van der Waals surface area contributed by atoms with E-state index in [4.69, 9.17) is 15.4 Å². The molecule has 43 nitrogen and oxygen atoms in total. The molecule has 2 fully saturated rings. The lowest BCUT2D eigenvalue weighted by atomic mass is 9.99. The number of hydrogen-bond acceptors (Lipinski definition) is 27. The number of benzene rings is 4. The first kappa shape index (κ1) is 112. The van der Waals surface area contributed by atoms with Crippen LogP contribution >= 0.6 is 21.6 Å². The van der Waals surface area contributed by atoms with Gasteiger partial charge in [0.15, 0.2) is 0 Å². The first-order valence-corrected chi connectivity index (χ1v) is 46.2. The molecule has 2 aliphatic rings. The number of nitrogens with two attached hydrogens (primary N) is 1. The van der Waals surface area contributed by atoms with Gasteiger partial charge in [-0.3, -0.25) is 91.1 Å². The number of carboxylic acid groups (broad SMARTS) is 2. The van der Waals surface area contributed by atoms with Gasteiger partial charge in [0, 0.05) is 108 Å². The minimum Gasteiger partial charge on any atom is -0.508 e. The minimum absolute atomic E-state index is 0.0655. The summed E-state index contributed by atoms with van der Waals surface area (Å²) in [5, 5.41) is 83.7. The zero-order valence-electron chi connectivity index (χ0n) is 76.6. The van der Waals surface area contributed by atoms with Crippen LogP contribution in [-0.2, 0) is 115 Å². The molecule has 12 atom stereocenters. The number of aliphatic hydroxyl groups excluding tert-OH is 1. The van der Waals surface area contributed by atoms with Crippen molar-refractivity contribution in [3.63, 3.8) is 0 Å². The van der Waals surface area contributed by atoms with Gasteiger partial charge >= 0.3 is 11.9 Å². The van der Waals surface area contributed by atoms with Gasteiger partial charge < -0.3 is 115 Å². The molecule has 2 heterocycles. The highest BCUT2D eigenvalue weighted by Crippen LogP contribution is 2.27. The van der Waals surface area contributed by atoms with Crippen LogP contribution in [0.15, 0.2) is 108 Å². The Morgan fingerprint density at radius 1 is 0.619 bits per heavy atom. The first-order chi connectivity index (χ1) is 63.6. The van der Waals surface area contributed by atoms with E-state index in [0.717, 1.165) is 45.9 Å². The summed E-state index contributed by atoms with van der Waals surface area (Å²) in [6.45, 7) is 14.4. The number of aliphatic carboxylic acids is 2.